The molecule has 0 unspecified atom stereocenters. The molecule has 4 rings (SSSR count). The van der Waals surface area contributed by atoms with Gasteiger partial charge in [0.15, 0.2) is 25.2 Å². The summed E-state index contributed by atoms with van der Waals surface area (Å²) >= 11 is 0. The van der Waals surface area contributed by atoms with Gasteiger partial charge in [-0.05, 0) is 0 Å². The Labute approximate surface area is 232 Å². The van der Waals surface area contributed by atoms with Gasteiger partial charge < -0.3 is 94.4 Å². The lowest BCUT2D eigenvalue weighted by Crippen LogP contribution is -2.65. The molecule has 18 atom stereocenters. The molecule has 0 aromatic rings. The van der Waals surface area contributed by atoms with Crippen molar-refractivity contribution in [2.75, 3.05) is 26.4 Å². The smallest absolute Gasteiger partial charge is 0.187 e. The van der Waals surface area contributed by atoms with Crippen LogP contribution in [0.5, 0.6) is 0 Å². The normalized spacial score (nSPS) is 53.0. The molecule has 0 aromatic carbocycles. The number of hydrogen-bond acceptors (Lipinski definition) is 19. The number of ether oxygens (including phenoxy) is 7. The first-order chi connectivity index (χ1) is 19.4. The molecular formula is C22H38O19. The topological polar surface area (TPSA) is 307 Å². The van der Waals surface area contributed by atoms with Crippen LogP contribution in [0.3, 0.4) is 0 Å². The van der Waals surface area contributed by atoms with E-state index in [1.165, 1.54) is 0 Å². The van der Waals surface area contributed by atoms with E-state index in [0.29, 0.717) is 0 Å². The van der Waals surface area contributed by atoms with Gasteiger partial charge in [-0.15, -0.1) is 0 Å². The molecule has 4 aliphatic rings. The van der Waals surface area contributed by atoms with Crippen LogP contribution in [0.15, 0.2) is 0 Å². The minimum atomic E-state index is -1.92. The zero-order valence-corrected chi connectivity index (χ0v) is 21.4. The van der Waals surface area contributed by atoms with Gasteiger partial charge in [0.1, 0.15) is 85.5 Å². The Balaban J connectivity index is 1.55. The maximum Gasteiger partial charge on any atom is 0.187 e. The highest BCUT2D eigenvalue weighted by Crippen LogP contribution is 2.33. The van der Waals surface area contributed by atoms with Gasteiger partial charge in [0, 0.05) is 0 Å². The van der Waals surface area contributed by atoms with Gasteiger partial charge in [0.2, 0.25) is 0 Å². The summed E-state index contributed by atoms with van der Waals surface area (Å²) in [5.74, 6) is 0. The molecule has 12 N–H and O–H groups in total. The highest BCUT2D eigenvalue weighted by Gasteiger charge is 2.53. The number of aliphatic hydroxyl groups excluding tert-OH is 12. The Morgan fingerprint density at radius 2 is 0.976 bits per heavy atom. The van der Waals surface area contributed by atoms with Gasteiger partial charge in [-0.3, -0.25) is 0 Å². The highest BCUT2D eigenvalue weighted by atomic mass is 16.8. The van der Waals surface area contributed by atoms with Crippen molar-refractivity contribution in [1.29, 1.82) is 0 Å². The number of aliphatic hydroxyl groups is 12. The lowest BCUT2D eigenvalue weighted by Gasteiger charge is -2.47. The molecule has 0 saturated carbocycles. The summed E-state index contributed by atoms with van der Waals surface area (Å²) < 4.78 is 38.2. The van der Waals surface area contributed by atoms with Gasteiger partial charge in [-0.25, -0.2) is 0 Å². The predicted octanol–water partition coefficient (Wildman–Crippen LogP) is -8.47. The molecule has 0 spiro atoms. The van der Waals surface area contributed by atoms with Crippen molar-refractivity contribution < 1.29 is 94.4 Å². The largest absolute Gasteiger partial charge is 0.394 e. The van der Waals surface area contributed by atoms with E-state index < -0.39 is 137 Å². The Hall–Kier alpha value is -0.760. The molecule has 240 valence electrons. The molecule has 4 fully saturated rings. The Morgan fingerprint density at radius 3 is 1.56 bits per heavy atom. The van der Waals surface area contributed by atoms with E-state index in [4.69, 9.17) is 33.2 Å². The molecule has 19 heteroatoms. The van der Waals surface area contributed by atoms with Crippen molar-refractivity contribution in [3.8, 4) is 0 Å². The van der Waals surface area contributed by atoms with Crippen molar-refractivity contribution in [1.82, 2.24) is 0 Å². The van der Waals surface area contributed by atoms with Crippen LogP contribution in [0.2, 0.25) is 0 Å². The van der Waals surface area contributed by atoms with Crippen LogP contribution in [0.1, 0.15) is 0 Å². The molecule has 4 saturated heterocycles. The second-order valence-corrected chi connectivity index (χ2v) is 10.2. The summed E-state index contributed by atoms with van der Waals surface area (Å²) in [5.41, 5.74) is 0. The summed E-state index contributed by atoms with van der Waals surface area (Å²) in [6.07, 6.45) is -29.8. The summed E-state index contributed by atoms with van der Waals surface area (Å²) in [4.78, 5) is 0. The first-order valence-corrected chi connectivity index (χ1v) is 12.9. The standard InChI is InChI=1S/C22H38O19/c23-1-5-9(26)12(29)16(33)21(38-5)41-18-11(28)8(39-20-15(32)10(27)6(2-24)37-20)4-35-22(18)40-17-7(3-25)36-19(34)14(31)13(17)30/h5-34H,1-4H2/t5-,6+,7-,8+,9-,10+,11+,12+,13-,14-,15-,16-,17-,18-,19-,20+,21+,22+/m1/s1. The van der Waals surface area contributed by atoms with Gasteiger partial charge in [-0.2, -0.15) is 0 Å². The maximum absolute atomic E-state index is 11.2. The molecule has 19 nitrogen and oxygen atoms in total. The molecule has 0 aliphatic carbocycles. The van der Waals surface area contributed by atoms with Crippen molar-refractivity contribution in [2.24, 2.45) is 0 Å². The first kappa shape index (κ1) is 33.1. The molecule has 4 heterocycles. The first-order valence-electron chi connectivity index (χ1n) is 12.9. The minimum Gasteiger partial charge on any atom is -0.394 e. The summed E-state index contributed by atoms with van der Waals surface area (Å²) in [6, 6.07) is 0. The average molecular weight is 607 g/mol. The van der Waals surface area contributed by atoms with Crippen LogP contribution in [-0.2, 0) is 33.2 Å². The monoisotopic (exact) mass is 606 g/mol. The van der Waals surface area contributed by atoms with Gasteiger partial charge in [-0.1, -0.05) is 0 Å². The van der Waals surface area contributed by atoms with Crippen molar-refractivity contribution >= 4 is 0 Å². The van der Waals surface area contributed by atoms with Crippen molar-refractivity contribution in [2.45, 2.75) is 111 Å². The van der Waals surface area contributed by atoms with Crippen LogP contribution < -0.4 is 0 Å². The zero-order valence-electron chi connectivity index (χ0n) is 21.4. The van der Waals surface area contributed by atoms with Crippen LogP contribution in [0.25, 0.3) is 0 Å². The van der Waals surface area contributed by atoms with Gasteiger partial charge in [0.05, 0.1) is 26.4 Å². The number of rotatable bonds is 9. The van der Waals surface area contributed by atoms with Gasteiger partial charge in [0.25, 0.3) is 0 Å². The van der Waals surface area contributed by atoms with Crippen LogP contribution in [-0.4, -0.2) is 198 Å². The van der Waals surface area contributed by atoms with E-state index in [0.717, 1.165) is 0 Å². The third kappa shape index (κ3) is 6.68. The fourth-order valence-corrected chi connectivity index (χ4v) is 5.01. The Bertz CT molecular complexity index is 820. The van der Waals surface area contributed by atoms with Crippen LogP contribution in [0.4, 0.5) is 0 Å². The summed E-state index contributed by atoms with van der Waals surface area (Å²) in [5, 5.41) is 121. The van der Waals surface area contributed by atoms with E-state index in [-0.39, 0.29) is 0 Å². The average Bonchev–Trinajstić information content (AvgIpc) is 3.23. The van der Waals surface area contributed by atoms with Crippen LogP contribution >= 0.6 is 0 Å². The Morgan fingerprint density at radius 1 is 0.463 bits per heavy atom. The Kier molecular flexibility index (Phi) is 11.2. The third-order valence-corrected chi connectivity index (χ3v) is 7.49. The van der Waals surface area contributed by atoms with Gasteiger partial charge >= 0.3 is 0 Å². The maximum atomic E-state index is 11.2. The van der Waals surface area contributed by atoms with Crippen LogP contribution in [0, 0.1) is 0 Å². The van der Waals surface area contributed by atoms with E-state index >= 15 is 0 Å². The quantitative estimate of drug-likeness (QED) is 0.116. The van der Waals surface area contributed by atoms with E-state index in [9.17, 15) is 61.3 Å². The minimum absolute atomic E-state index is 0.508. The lowest BCUT2D eigenvalue weighted by atomic mass is 9.97. The second-order valence-electron chi connectivity index (χ2n) is 10.2. The molecule has 4 aliphatic heterocycles. The highest BCUT2D eigenvalue weighted by molar-refractivity contribution is 4.95. The second kappa shape index (κ2) is 13.9. The van der Waals surface area contributed by atoms with E-state index in [2.05, 4.69) is 0 Å². The number of hydrogen-bond donors (Lipinski definition) is 12. The molecule has 0 bridgehead atoms. The molecule has 0 radical (unpaired) electrons. The molecular weight excluding hydrogens is 568 g/mol. The molecule has 0 amide bonds. The van der Waals surface area contributed by atoms with Crippen molar-refractivity contribution in [3.05, 3.63) is 0 Å². The fourth-order valence-electron chi connectivity index (χ4n) is 5.01. The van der Waals surface area contributed by atoms with E-state index in [1.807, 2.05) is 0 Å². The lowest BCUT2D eigenvalue weighted by molar-refractivity contribution is -0.383. The SMILES string of the molecule is OC[C@@H]1O[C@@H](O[C@H]2CO[C@@H](O[C@H]3[C@H](O)[C@@H](O)[C@H](O)O[C@@H]3CO)[C@H](O[C@@H]3O[C@H](CO)[C@@H](O)[C@H](O)[C@H]3O)[C@H]2O)[C@H](O)[C@H]1O. The summed E-state index contributed by atoms with van der Waals surface area (Å²) in [6.45, 7) is -2.75. The zero-order chi connectivity index (χ0) is 30.2. The third-order valence-electron chi connectivity index (χ3n) is 7.49. The van der Waals surface area contributed by atoms with E-state index in [1.54, 1.807) is 0 Å². The fraction of sp³-hybridized carbons (Fsp3) is 1.00. The summed E-state index contributed by atoms with van der Waals surface area (Å²) in [7, 11) is 0. The predicted molar refractivity (Wildman–Crippen MR) is 122 cm³/mol. The molecule has 0 aromatic heterocycles. The van der Waals surface area contributed by atoms with Crippen molar-refractivity contribution in [3.63, 3.8) is 0 Å². The molecule has 41 heavy (non-hydrogen) atoms.